The van der Waals surface area contributed by atoms with Crippen LogP contribution < -0.4 is 0 Å². The maximum Gasteiger partial charge on any atom is 0.132 e. The van der Waals surface area contributed by atoms with Crippen LogP contribution in [0, 0.1) is 0 Å². The third-order valence-electron chi connectivity index (χ3n) is 1.81. The van der Waals surface area contributed by atoms with Crippen LogP contribution >= 0.6 is 11.3 Å². The van der Waals surface area contributed by atoms with Gasteiger partial charge < -0.3 is 0 Å². The topological polar surface area (TPSA) is 51.6 Å². The number of thiophene rings is 1. The molecule has 0 spiro atoms. The summed E-state index contributed by atoms with van der Waals surface area (Å²) in [5, 5.41) is 15.7. The molecule has 3 aromatic heterocycles. The minimum atomic E-state index is 0.843. The number of hydrogen-bond donors (Lipinski definition) is 0. The van der Waals surface area contributed by atoms with E-state index in [1.807, 2.05) is 12.1 Å². The molecule has 0 aliphatic rings. The molecule has 0 saturated carbocycles. The van der Waals surface area contributed by atoms with Crippen molar-refractivity contribution in [3.8, 4) is 0 Å². The van der Waals surface area contributed by atoms with E-state index in [2.05, 4.69) is 20.4 Å². The Kier molecular flexibility index (Phi) is 1.28. The van der Waals surface area contributed by atoms with E-state index >= 15 is 0 Å². The van der Waals surface area contributed by atoms with E-state index in [-0.39, 0.29) is 0 Å². The van der Waals surface area contributed by atoms with Crippen molar-refractivity contribution in [3.63, 3.8) is 0 Å². The third kappa shape index (κ3) is 0.905. The van der Waals surface area contributed by atoms with Crippen molar-refractivity contribution < 1.29 is 0 Å². The van der Waals surface area contributed by atoms with E-state index in [1.165, 1.54) is 0 Å². The molecule has 5 heteroatoms. The summed E-state index contributed by atoms with van der Waals surface area (Å²) < 4.78 is 2.20. The fourth-order valence-electron chi connectivity index (χ4n) is 1.25. The van der Waals surface area contributed by atoms with Gasteiger partial charge in [-0.1, -0.05) is 0 Å². The zero-order valence-corrected chi connectivity index (χ0v) is 7.32. The number of nitrogens with zero attached hydrogens (tertiary/aromatic N) is 4. The van der Waals surface area contributed by atoms with Crippen LogP contribution in [0.15, 0.2) is 24.5 Å². The number of rotatable bonds is 0. The summed E-state index contributed by atoms with van der Waals surface area (Å²) in [5.74, 6) is 0. The summed E-state index contributed by atoms with van der Waals surface area (Å²) in [6.07, 6.45) is 3.37. The van der Waals surface area contributed by atoms with Crippen LogP contribution in [-0.4, -0.2) is 20.4 Å². The van der Waals surface area contributed by atoms with Gasteiger partial charge in [-0.05, 0) is 12.1 Å². The predicted molar refractivity (Wildman–Crippen MR) is 50.5 cm³/mol. The average Bonchev–Trinajstić information content (AvgIpc) is 2.56. The molecule has 13 heavy (non-hydrogen) atoms. The van der Waals surface area contributed by atoms with Crippen molar-refractivity contribution >= 4 is 31.8 Å². The fourth-order valence-corrected chi connectivity index (χ4v) is 2.21. The first-order chi connectivity index (χ1) is 6.45. The van der Waals surface area contributed by atoms with Gasteiger partial charge in [-0.15, -0.1) is 21.5 Å². The minimum absolute atomic E-state index is 0.843. The van der Waals surface area contributed by atoms with Gasteiger partial charge in [0.25, 0.3) is 0 Å². The lowest BCUT2D eigenvalue weighted by Gasteiger charge is -1.84. The Morgan fingerprint density at radius 2 is 1.38 bits per heavy atom. The van der Waals surface area contributed by atoms with Gasteiger partial charge in [-0.25, -0.2) is 0 Å². The Morgan fingerprint density at radius 1 is 0.846 bits per heavy atom. The molecule has 62 valence electrons. The van der Waals surface area contributed by atoms with Crippen LogP contribution in [0.4, 0.5) is 0 Å². The maximum absolute atomic E-state index is 4.03. The average molecular weight is 188 g/mol. The molecule has 0 N–H and O–H groups in total. The van der Waals surface area contributed by atoms with Crippen LogP contribution in [0.3, 0.4) is 0 Å². The highest BCUT2D eigenvalue weighted by Gasteiger charge is 2.06. The fraction of sp³-hybridized carbons (Fsp3) is 0. The summed E-state index contributed by atoms with van der Waals surface area (Å²) in [7, 11) is 0. The molecule has 0 saturated heterocycles. The molecule has 4 nitrogen and oxygen atoms in total. The van der Waals surface area contributed by atoms with E-state index < -0.39 is 0 Å². The van der Waals surface area contributed by atoms with Crippen molar-refractivity contribution in [2.24, 2.45) is 0 Å². The Hall–Kier alpha value is -1.62. The second-order valence-corrected chi connectivity index (χ2v) is 3.67. The van der Waals surface area contributed by atoms with Crippen LogP contribution in [0.2, 0.25) is 0 Å². The molecule has 3 rings (SSSR count). The van der Waals surface area contributed by atoms with E-state index in [9.17, 15) is 0 Å². The lowest BCUT2D eigenvalue weighted by atomic mass is 10.4. The molecule has 3 aromatic rings. The molecule has 3 heterocycles. The van der Waals surface area contributed by atoms with E-state index in [0.717, 1.165) is 20.4 Å². The summed E-state index contributed by atoms with van der Waals surface area (Å²) in [4.78, 5) is 0. The van der Waals surface area contributed by atoms with E-state index in [1.54, 1.807) is 23.7 Å². The second-order valence-electron chi connectivity index (χ2n) is 2.59. The molecule has 0 amide bonds. The lowest BCUT2D eigenvalue weighted by Crippen LogP contribution is -1.81. The van der Waals surface area contributed by atoms with Gasteiger partial charge in [-0.2, -0.15) is 10.2 Å². The Morgan fingerprint density at radius 3 is 1.92 bits per heavy atom. The molecule has 0 fully saturated rings. The van der Waals surface area contributed by atoms with Crippen molar-refractivity contribution in [1.29, 1.82) is 0 Å². The van der Waals surface area contributed by atoms with Gasteiger partial charge in [0.15, 0.2) is 0 Å². The summed E-state index contributed by atoms with van der Waals surface area (Å²) in [5.41, 5.74) is 1.69. The standard InChI is InChI=1S/C8H4N4S/c1-3-9-11-7-5(1)13-6-2-4-10-12-8(6)7/h1-4H. The van der Waals surface area contributed by atoms with E-state index in [4.69, 9.17) is 0 Å². The van der Waals surface area contributed by atoms with Crippen molar-refractivity contribution in [2.75, 3.05) is 0 Å². The van der Waals surface area contributed by atoms with Gasteiger partial charge in [0.2, 0.25) is 0 Å². The summed E-state index contributed by atoms with van der Waals surface area (Å²) >= 11 is 1.66. The van der Waals surface area contributed by atoms with Crippen molar-refractivity contribution in [3.05, 3.63) is 24.5 Å². The predicted octanol–water partition coefficient (Wildman–Crippen LogP) is 1.63. The third-order valence-corrected chi connectivity index (χ3v) is 2.91. The largest absolute Gasteiger partial charge is 0.158 e. The smallest absolute Gasteiger partial charge is 0.132 e. The van der Waals surface area contributed by atoms with E-state index in [0.29, 0.717) is 0 Å². The van der Waals surface area contributed by atoms with Crippen LogP contribution in [0.25, 0.3) is 20.4 Å². The van der Waals surface area contributed by atoms with Crippen molar-refractivity contribution in [2.45, 2.75) is 0 Å². The highest BCUT2D eigenvalue weighted by molar-refractivity contribution is 7.25. The molecule has 0 radical (unpaired) electrons. The molecular formula is C8H4N4S. The normalized spacial score (nSPS) is 11.1. The van der Waals surface area contributed by atoms with Gasteiger partial charge >= 0.3 is 0 Å². The molecule has 0 aromatic carbocycles. The van der Waals surface area contributed by atoms with Crippen molar-refractivity contribution in [1.82, 2.24) is 20.4 Å². The lowest BCUT2D eigenvalue weighted by molar-refractivity contribution is 1.06. The number of fused-ring (bicyclic) bond motifs is 3. The molecule has 0 aliphatic carbocycles. The quantitative estimate of drug-likeness (QED) is 0.538. The van der Waals surface area contributed by atoms with Gasteiger partial charge in [0.05, 0.1) is 21.8 Å². The van der Waals surface area contributed by atoms with Gasteiger partial charge in [0, 0.05) is 0 Å². The molecule has 0 bridgehead atoms. The first-order valence-electron chi connectivity index (χ1n) is 3.77. The van der Waals surface area contributed by atoms with Gasteiger partial charge in [0.1, 0.15) is 11.0 Å². The number of aromatic nitrogens is 4. The molecular weight excluding hydrogens is 184 g/mol. The Bertz CT molecular complexity index is 524. The first kappa shape index (κ1) is 6.85. The zero-order chi connectivity index (χ0) is 8.67. The SMILES string of the molecule is c1cc2sc3ccnnc3c2nn1. The van der Waals surface area contributed by atoms with Crippen LogP contribution in [0.5, 0.6) is 0 Å². The zero-order valence-electron chi connectivity index (χ0n) is 6.51. The second kappa shape index (κ2) is 2.43. The Labute approximate surface area is 77.3 Å². The van der Waals surface area contributed by atoms with Gasteiger partial charge in [-0.3, -0.25) is 0 Å². The first-order valence-corrected chi connectivity index (χ1v) is 4.58. The molecule has 0 aliphatic heterocycles. The summed E-state index contributed by atoms with van der Waals surface area (Å²) in [6.45, 7) is 0. The summed E-state index contributed by atoms with van der Waals surface area (Å²) in [6, 6.07) is 3.88. The Balaban J connectivity index is 2.64. The van der Waals surface area contributed by atoms with Crippen LogP contribution in [0.1, 0.15) is 0 Å². The van der Waals surface area contributed by atoms with Crippen LogP contribution in [-0.2, 0) is 0 Å². The molecule has 0 unspecified atom stereocenters. The monoisotopic (exact) mass is 188 g/mol. The minimum Gasteiger partial charge on any atom is -0.158 e. The maximum atomic E-state index is 4.03. The number of hydrogen-bond acceptors (Lipinski definition) is 5. The molecule has 0 atom stereocenters. The highest BCUT2D eigenvalue weighted by atomic mass is 32.1. The highest BCUT2D eigenvalue weighted by Crippen LogP contribution is 2.28.